The van der Waals surface area contributed by atoms with Crippen LogP contribution in [0, 0.1) is 5.92 Å². The zero-order valence-electron chi connectivity index (χ0n) is 12.9. The van der Waals surface area contributed by atoms with Crippen LogP contribution in [0.2, 0.25) is 0 Å². The summed E-state index contributed by atoms with van der Waals surface area (Å²) in [5, 5.41) is 3.28. The second kappa shape index (κ2) is 6.61. The van der Waals surface area contributed by atoms with Crippen LogP contribution >= 0.6 is 0 Å². The molecule has 0 radical (unpaired) electrons. The third-order valence-corrected chi connectivity index (χ3v) is 4.86. The molecule has 0 spiro atoms. The highest BCUT2D eigenvalue weighted by atomic mass is 16.2. The molecule has 114 valence electrons. The fraction of sp³-hybridized carbons (Fsp3) is 0.611. The number of piperidine rings is 1. The van der Waals surface area contributed by atoms with Crippen molar-refractivity contribution < 1.29 is 4.79 Å². The highest BCUT2D eigenvalue weighted by Gasteiger charge is 2.33. The molecule has 21 heavy (non-hydrogen) atoms. The number of carbonyl (C=O) groups is 1. The second-order valence-electron chi connectivity index (χ2n) is 6.61. The molecule has 3 heteroatoms. The Balaban J connectivity index is 1.59. The van der Waals surface area contributed by atoms with E-state index in [4.69, 9.17) is 0 Å². The van der Waals surface area contributed by atoms with Crippen molar-refractivity contribution in [3.8, 4) is 0 Å². The SMILES string of the molecule is CC1CCCCN1CC(=O)NC(c1ccccc1)C1CC1. The fourth-order valence-electron chi connectivity index (χ4n) is 3.36. The first-order chi connectivity index (χ1) is 10.2. The minimum Gasteiger partial charge on any atom is -0.348 e. The average molecular weight is 286 g/mol. The first-order valence-corrected chi connectivity index (χ1v) is 8.32. The van der Waals surface area contributed by atoms with Crippen LogP contribution < -0.4 is 5.32 Å². The average Bonchev–Trinajstić information content (AvgIpc) is 3.33. The molecule has 1 aromatic carbocycles. The first kappa shape index (κ1) is 14.6. The predicted molar refractivity (Wildman–Crippen MR) is 84.9 cm³/mol. The normalized spacial score (nSPS) is 24.5. The van der Waals surface area contributed by atoms with Crippen LogP contribution in [-0.4, -0.2) is 29.9 Å². The van der Waals surface area contributed by atoms with Gasteiger partial charge >= 0.3 is 0 Å². The molecular formula is C18H26N2O. The monoisotopic (exact) mass is 286 g/mol. The van der Waals surface area contributed by atoms with Crippen LogP contribution in [0.3, 0.4) is 0 Å². The predicted octanol–water partition coefficient (Wildman–Crippen LogP) is 3.13. The van der Waals surface area contributed by atoms with Crippen LogP contribution in [0.5, 0.6) is 0 Å². The van der Waals surface area contributed by atoms with Crippen LogP contribution in [0.1, 0.15) is 50.6 Å². The molecule has 2 fully saturated rings. The van der Waals surface area contributed by atoms with Gasteiger partial charge in [0.15, 0.2) is 0 Å². The second-order valence-corrected chi connectivity index (χ2v) is 6.61. The molecule has 1 aliphatic heterocycles. The van der Waals surface area contributed by atoms with Crippen molar-refractivity contribution in [1.29, 1.82) is 0 Å². The third kappa shape index (κ3) is 3.85. The summed E-state index contributed by atoms with van der Waals surface area (Å²) >= 11 is 0. The van der Waals surface area contributed by atoms with Crippen molar-refractivity contribution in [2.24, 2.45) is 5.92 Å². The van der Waals surface area contributed by atoms with Gasteiger partial charge in [0.1, 0.15) is 0 Å². The molecule has 0 aromatic heterocycles. The first-order valence-electron chi connectivity index (χ1n) is 8.32. The van der Waals surface area contributed by atoms with Crippen molar-refractivity contribution >= 4 is 5.91 Å². The van der Waals surface area contributed by atoms with Gasteiger partial charge in [-0.2, -0.15) is 0 Å². The van der Waals surface area contributed by atoms with E-state index in [1.165, 1.54) is 37.7 Å². The van der Waals surface area contributed by atoms with Crippen molar-refractivity contribution in [3.63, 3.8) is 0 Å². The van der Waals surface area contributed by atoms with E-state index in [0.717, 1.165) is 6.54 Å². The van der Waals surface area contributed by atoms with E-state index < -0.39 is 0 Å². The highest BCUT2D eigenvalue weighted by molar-refractivity contribution is 5.78. The van der Waals surface area contributed by atoms with Crippen molar-refractivity contribution in [3.05, 3.63) is 35.9 Å². The van der Waals surface area contributed by atoms with Crippen molar-refractivity contribution in [1.82, 2.24) is 10.2 Å². The van der Waals surface area contributed by atoms with Gasteiger partial charge in [-0.05, 0) is 50.6 Å². The Morgan fingerprint density at radius 3 is 2.67 bits per heavy atom. The van der Waals surface area contributed by atoms with Gasteiger partial charge in [0, 0.05) is 6.04 Å². The number of carbonyl (C=O) groups excluding carboxylic acids is 1. The Kier molecular flexibility index (Phi) is 4.59. The number of benzene rings is 1. The molecule has 1 amide bonds. The van der Waals surface area contributed by atoms with E-state index in [1.807, 2.05) is 6.07 Å². The Morgan fingerprint density at radius 1 is 1.24 bits per heavy atom. The number of hydrogen-bond donors (Lipinski definition) is 1. The molecule has 0 bridgehead atoms. The van der Waals surface area contributed by atoms with Gasteiger partial charge < -0.3 is 5.32 Å². The molecule has 2 unspecified atom stereocenters. The van der Waals surface area contributed by atoms with Gasteiger partial charge in [-0.25, -0.2) is 0 Å². The molecule has 1 saturated carbocycles. The Labute approximate surface area is 127 Å². The molecule has 2 aliphatic rings. The lowest BCUT2D eigenvalue weighted by molar-refractivity contribution is -0.124. The Morgan fingerprint density at radius 2 is 2.00 bits per heavy atom. The van der Waals surface area contributed by atoms with E-state index in [9.17, 15) is 4.79 Å². The van der Waals surface area contributed by atoms with E-state index in [-0.39, 0.29) is 11.9 Å². The quantitative estimate of drug-likeness (QED) is 0.902. The number of nitrogens with one attached hydrogen (secondary N) is 1. The highest BCUT2D eigenvalue weighted by Crippen LogP contribution is 2.40. The van der Waals surface area contributed by atoms with E-state index in [0.29, 0.717) is 18.5 Å². The summed E-state index contributed by atoms with van der Waals surface area (Å²) in [5.74, 6) is 0.819. The Hall–Kier alpha value is -1.35. The van der Waals surface area contributed by atoms with Crippen molar-refractivity contribution in [2.45, 2.75) is 51.1 Å². The molecule has 3 rings (SSSR count). The zero-order chi connectivity index (χ0) is 14.7. The summed E-state index contributed by atoms with van der Waals surface area (Å²) in [7, 11) is 0. The Bertz CT molecular complexity index is 469. The molecule has 1 heterocycles. The van der Waals surface area contributed by atoms with Gasteiger partial charge in [-0.15, -0.1) is 0 Å². The maximum Gasteiger partial charge on any atom is 0.234 e. The summed E-state index contributed by atoms with van der Waals surface area (Å²) in [6, 6.07) is 11.2. The lowest BCUT2D eigenvalue weighted by Crippen LogP contribution is -2.45. The minimum absolute atomic E-state index is 0.185. The summed E-state index contributed by atoms with van der Waals surface area (Å²) in [5.41, 5.74) is 1.25. The molecular weight excluding hydrogens is 260 g/mol. The van der Waals surface area contributed by atoms with Crippen molar-refractivity contribution in [2.75, 3.05) is 13.1 Å². The smallest absolute Gasteiger partial charge is 0.234 e. The summed E-state index contributed by atoms with van der Waals surface area (Å²) in [6.45, 7) is 3.85. The molecule has 1 aromatic rings. The van der Waals surface area contributed by atoms with Gasteiger partial charge in [0.2, 0.25) is 5.91 Å². The van der Waals surface area contributed by atoms with E-state index >= 15 is 0 Å². The van der Waals surface area contributed by atoms with Crippen LogP contribution in [0.25, 0.3) is 0 Å². The topological polar surface area (TPSA) is 32.3 Å². The number of rotatable bonds is 5. The molecule has 1 saturated heterocycles. The number of likely N-dealkylation sites (tertiary alicyclic amines) is 1. The zero-order valence-corrected chi connectivity index (χ0v) is 12.9. The molecule has 1 aliphatic carbocycles. The number of amides is 1. The maximum atomic E-state index is 12.4. The van der Waals surface area contributed by atoms with E-state index in [2.05, 4.69) is 41.4 Å². The van der Waals surface area contributed by atoms with Gasteiger partial charge in [-0.1, -0.05) is 36.8 Å². The van der Waals surface area contributed by atoms with Crippen LogP contribution in [-0.2, 0) is 4.79 Å². The van der Waals surface area contributed by atoms with Crippen LogP contribution in [0.15, 0.2) is 30.3 Å². The van der Waals surface area contributed by atoms with Gasteiger partial charge in [0.05, 0.1) is 12.6 Å². The third-order valence-electron chi connectivity index (χ3n) is 4.86. The summed E-state index contributed by atoms with van der Waals surface area (Å²) < 4.78 is 0. The van der Waals surface area contributed by atoms with Crippen LogP contribution in [0.4, 0.5) is 0 Å². The molecule has 1 N–H and O–H groups in total. The lowest BCUT2D eigenvalue weighted by atomic mass is 10.0. The standard InChI is InChI=1S/C18H26N2O/c1-14-7-5-6-12-20(14)13-17(21)19-18(16-10-11-16)15-8-3-2-4-9-15/h2-4,8-9,14,16,18H,5-7,10-13H2,1H3,(H,19,21). The van der Waals surface area contributed by atoms with E-state index in [1.54, 1.807) is 0 Å². The molecule has 3 nitrogen and oxygen atoms in total. The summed E-state index contributed by atoms with van der Waals surface area (Å²) in [6.07, 6.45) is 6.22. The largest absolute Gasteiger partial charge is 0.348 e. The fourth-order valence-corrected chi connectivity index (χ4v) is 3.36. The summed E-state index contributed by atoms with van der Waals surface area (Å²) in [4.78, 5) is 14.7. The lowest BCUT2D eigenvalue weighted by Gasteiger charge is -2.33. The number of hydrogen-bond acceptors (Lipinski definition) is 2. The minimum atomic E-state index is 0.185. The number of nitrogens with zero attached hydrogens (tertiary/aromatic N) is 1. The molecule has 2 atom stereocenters. The van der Waals surface area contributed by atoms with Gasteiger partial charge in [0.25, 0.3) is 0 Å². The maximum absolute atomic E-state index is 12.4. The van der Waals surface area contributed by atoms with Gasteiger partial charge in [-0.3, -0.25) is 9.69 Å².